The standard InChI is InChI=1S/C21H29N5O.2ClH/c1-24-13-15-25(16-14-24)20-17-19(7-10-23-20)21(27)26(12-9-22)11-8-18-5-3-2-4-6-18;;/h2-7,10,17H,8-9,11-16,22H2,1H3;2*1H. The van der Waals surface area contributed by atoms with Crippen LogP contribution in [0.15, 0.2) is 48.7 Å². The summed E-state index contributed by atoms with van der Waals surface area (Å²) in [4.78, 5) is 23.9. The maximum absolute atomic E-state index is 13.1. The molecule has 0 atom stereocenters. The number of carbonyl (C=O) groups excluding carboxylic acids is 1. The van der Waals surface area contributed by atoms with E-state index in [4.69, 9.17) is 5.73 Å². The zero-order valence-corrected chi connectivity index (χ0v) is 18.5. The SMILES string of the molecule is CN1CCN(c2cc(C(=O)N(CCN)CCc3ccccc3)ccn2)CC1.Cl.Cl. The Hall–Kier alpha value is -1.86. The van der Waals surface area contributed by atoms with Crippen molar-refractivity contribution >= 4 is 36.5 Å². The largest absolute Gasteiger partial charge is 0.354 e. The Kier molecular flexibility index (Phi) is 11.0. The van der Waals surface area contributed by atoms with Crippen LogP contribution in [0.4, 0.5) is 5.82 Å². The first-order valence-corrected chi connectivity index (χ1v) is 9.60. The number of amides is 1. The van der Waals surface area contributed by atoms with Crippen molar-refractivity contribution in [2.45, 2.75) is 6.42 Å². The number of halogens is 2. The van der Waals surface area contributed by atoms with Crippen LogP contribution in [0.25, 0.3) is 0 Å². The molecule has 3 rings (SSSR count). The predicted molar refractivity (Wildman–Crippen MR) is 124 cm³/mol. The number of nitrogens with two attached hydrogens (primary N) is 1. The first kappa shape index (κ1) is 25.2. The first-order chi connectivity index (χ1) is 13.2. The molecule has 1 saturated heterocycles. The van der Waals surface area contributed by atoms with Gasteiger partial charge in [0.25, 0.3) is 5.91 Å². The highest BCUT2D eigenvalue weighted by Gasteiger charge is 2.19. The third kappa shape index (κ3) is 7.16. The quantitative estimate of drug-likeness (QED) is 0.716. The van der Waals surface area contributed by atoms with Crippen LogP contribution in [0.1, 0.15) is 15.9 Å². The predicted octanol–water partition coefficient (Wildman–Crippen LogP) is 2.32. The second-order valence-corrected chi connectivity index (χ2v) is 7.01. The Labute approximate surface area is 185 Å². The fourth-order valence-electron chi connectivity index (χ4n) is 3.32. The molecular weight excluding hydrogens is 409 g/mol. The number of piperazine rings is 1. The zero-order chi connectivity index (χ0) is 19.1. The first-order valence-electron chi connectivity index (χ1n) is 9.60. The third-order valence-corrected chi connectivity index (χ3v) is 5.02. The number of rotatable bonds is 7. The van der Waals surface area contributed by atoms with E-state index in [2.05, 4.69) is 34.0 Å². The minimum absolute atomic E-state index is 0. The maximum atomic E-state index is 13.1. The summed E-state index contributed by atoms with van der Waals surface area (Å²) in [5.41, 5.74) is 7.66. The van der Waals surface area contributed by atoms with Crippen molar-refractivity contribution < 1.29 is 4.79 Å². The van der Waals surface area contributed by atoms with E-state index in [9.17, 15) is 4.79 Å². The second-order valence-electron chi connectivity index (χ2n) is 7.01. The normalized spacial score (nSPS) is 13.9. The summed E-state index contributed by atoms with van der Waals surface area (Å²) < 4.78 is 0. The van der Waals surface area contributed by atoms with Crippen molar-refractivity contribution in [3.8, 4) is 0 Å². The highest BCUT2D eigenvalue weighted by molar-refractivity contribution is 5.94. The molecule has 8 heteroatoms. The van der Waals surface area contributed by atoms with E-state index in [0.717, 1.165) is 38.4 Å². The Morgan fingerprint density at radius 3 is 2.41 bits per heavy atom. The lowest BCUT2D eigenvalue weighted by Crippen LogP contribution is -2.45. The summed E-state index contributed by atoms with van der Waals surface area (Å²) in [6, 6.07) is 13.9. The molecule has 1 amide bonds. The van der Waals surface area contributed by atoms with Crippen molar-refractivity contribution in [2.75, 3.05) is 57.8 Å². The van der Waals surface area contributed by atoms with Gasteiger partial charge in [-0.1, -0.05) is 30.3 Å². The highest BCUT2D eigenvalue weighted by Crippen LogP contribution is 2.16. The molecule has 0 aliphatic carbocycles. The highest BCUT2D eigenvalue weighted by atomic mass is 35.5. The van der Waals surface area contributed by atoms with Gasteiger partial charge < -0.3 is 20.4 Å². The van der Waals surface area contributed by atoms with Crippen LogP contribution in [0, 0.1) is 0 Å². The van der Waals surface area contributed by atoms with Crippen LogP contribution in [0.3, 0.4) is 0 Å². The number of nitrogens with zero attached hydrogens (tertiary/aromatic N) is 4. The summed E-state index contributed by atoms with van der Waals surface area (Å²) >= 11 is 0. The van der Waals surface area contributed by atoms with Crippen LogP contribution in [0.2, 0.25) is 0 Å². The van der Waals surface area contributed by atoms with Crippen LogP contribution >= 0.6 is 24.8 Å². The molecular formula is C21H31Cl2N5O. The fourth-order valence-corrected chi connectivity index (χ4v) is 3.32. The van der Waals surface area contributed by atoms with E-state index in [1.54, 1.807) is 12.3 Å². The lowest BCUT2D eigenvalue weighted by atomic mass is 10.1. The van der Waals surface area contributed by atoms with Crippen LogP contribution in [0.5, 0.6) is 0 Å². The molecule has 0 bridgehead atoms. The second kappa shape index (κ2) is 12.6. The maximum Gasteiger partial charge on any atom is 0.254 e. The molecule has 1 aromatic carbocycles. The number of aromatic nitrogens is 1. The zero-order valence-electron chi connectivity index (χ0n) is 16.9. The molecule has 160 valence electrons. The molecule has 0 spiro atoms. The summed E-state index contributed by atoms with van der Waals surface area (Å²) in [6.07, 6.45) is 2.56. The molecule has 1 aliphatic rings. The average Bonchev–Trinajstić information content (AvgIpc) is 2.72. The molecule has 0 radical (unpaired) electrons. The van der Waals surface area contributed by atoms with Gasteiger partial charge in [-0.25, -0.2) is 4.98 Å². The molecule has 6 nitrogen and oxygen atoms in total. The lowest BCUT2D eigenvalue weighted by Gasteiger charge is -2.33. The van der Waals surface area contributed by atoms with Crippen molar-refractivity contribution in [3.63, 3.8) is 0 Å². The van der Waals surface area contributed by atoms with E-state index in [1.165, 1.54) is 5.56 Å². The molecule has 1 aliphatic heterocycles. The van der Waals surface area contributed by atoms with Gasteiger partial charge in [0.1, 0.15) is 5.82 Å². The Morgan fingerprint density at radius 2 is 1.76 bits per heavy atom. The summed E-state index contributed by atoms with van der Waals surface area (Å²) in [7, 11) is 2.13. The number of likely N-dealkylation sites (N-methyl/N-ethyl adjacent to an activating group) is 1. The van der Waals surface area contributed by atoms with Gasteiger partial charge >= 0.3 is 0 Å². The van der Waals surface area contributed by atoms with Gasteiger partial charge in [0.2, 0.25) is 0 Å². The van der Waals surface area contributed by atoms with E-state index in [-0.39, 0.29) is 30.7 Å². The van der Waals surface area contributed by atoms with E-state index >= 15 is 0 Å². The van der Waals surface area contributed by atoms with Crippen LogP contribution < -0.4 is 10.6 Å². The topological polar surface area (TPSA) is 65.7 Å². The molecule has 0 unspecified atom stereocenters. The molecule has 0 saturated carbocycles. The van der Waals surface area contributed by atoms with Gasteiger partial charge in [-0.2, -0.15) is 0 Å². The van der Waals surface area contributed by atoms with Crippen molar-refractivity contribution in [2.24, 2.45) is 5.73 Å². The number of hydrogen-bond donors (Lipinski definition) is 1. The summed E-state index contributed by atoms with van der Waals surface area (Å²) in [5, 5.41) is 0. The summed E-state index contributed by atoms with van der Waals surface area (Å²) in [5.74, 6) is 0.902. The number of carbonyl (C=O) groups is 1. The van der Waals surface area contributed by atoms with Gasteiger partial charge in [0.15, 0.2) is 0 Å². The number of benzene rings is 1. The van der Waals surface area contributed by atoms with Crippen molar-refractivity contribution in [1.82, 2.24) is 14.8 Å². The van der Waals surface area contributed by atoms with Crippen LogP contribution in [-0.2, 0) is 6.42 Å². The fraction of sp³-hybridized carbons (Fsp3) is 0.429. The smallest absolute Gasteiger partial charge is 0.254 e. The lowest BCUT2D eigenvalue weighted by molar-refractivity contribution is 0.0762. The molecule has 1 fully saturated rings. The van der Waals surface area contributed by atoms with Gasteiger partial charge in [0.05, 0.1) is 0 Å². The number of anilines is 1. The van der Waals surface area contributed by atoms with E-state index in [0.29, 0.717) is 25.2 Å². The van der Waals surface area contributed by atoms with E-state index in [1.807, 2.05) is 29.2 Å². The number of pyridine rings is 1. The van der Waals surface area contributed by atoms with Gasteiger partial charge in [-0.15, -0.1) is 24.8 Å². The van der Waals surface area contributed by atoms with Gasteiger partial charge in [0, 0.05) is 57.6 Å². The minimum atomic E-state index is 0. The Morgan fingerprint density at radius 1 is 1.07 bits per heavy atom. The van der Waals surface area contributed by atoms with E-state index < -0.39 is 0 Å². The minimum Gasteiger partial charge on any atom is -0.354 e. The number of hydrogen-bond acceptors (Lipinski definition) is 5. The Bertz CT molecular complexity index is 739. The monoisotopic (exact) mass is 439 g/mol. The molecule has 2 aromatic rings. The van der Waals surface area contributed by atoms with Crippen molar-refractivity contribution in [3.05, 3.63) is 59.8 Å². The molecule has 2 heterocycles. The Balaban J connectivity index is 0.00000210. The van der Waals surface area contributed by atoms with Crippen LogP contribution in [-0.4, -0.2) is 73.6 Å². The summed E-state index contributed by atoms with van der Waals surface area (Å²) in [6.45, 7) is 5.55. The third-order valence-electron chi connectivity index (χ3n) is 5.02. The van der Waals surface area contributed by atoms with Gasteiger partial charge in [-0.3, -0.25) is 4.79 Å². The van der Waals surface area contributed by atoms with Gasteiger partial charge in [-0.05, 0) is 31.2 Å². The average molecular weight is 440 g/mol. The molecule has 29 heavy (non-hydrogen) atoms. The molecule has 1 aromatic heterocycles. The molecule has 2 N–H and O–H groups in total. The van der Waals surface area contributed by atoms with Crippen molar-refractivity contribution in [1.29, 1.82) is 0 Å².